The van der Waals surface area contributed by atoms with Crippen LogP contribution < -0.4 is 0 Å². The minimum absolute atomic E-state index is 0.0303. The highest BCUT2D eigenvalue weighted by Gasteiger charge is 2.34. The van der Waals surface area contributed by atoms with Gasteiger partial charge in [-0.05, 0) is 34.6 Å². The molecule has 1 fully saturated rings. The number of amides is 2. The van der Waals surface area contributed by atoms with Gasteiger partial charge in [0.15, 0.2) is 5.78 Å². The first-order chi connectivity index (χ1) is 11.4. The van der Waals surface area contributed by atoms with E-state index < -0.39 is 23.4 Å². The van der Waals surface area contributed by atoms with Gasteiger partial charge in [-0.2, -0.15) is 0 Å². The number of hydrogen-bond acceptors (Lipinski definition) is 7. The molecule has 1 aliphatic heterocycles. The molecule has 0 radical (unpaired) electrons. The standard InChI is InChI=1S/C17H27NO7/c1-16(2,3)23-10-11-24-17(4,5)12(19)6-9-15(22)25-18-13(20)7-8-14(18)21/h6-11H2,1-5H3. The lowest BCUT2D eigenvalue weighted by molar-refractivity contribution is -0.197. The topological polar surface area (TPSA) is 99.2 Å². The monoisotopic (exact) mass is 357 g/mol. The Balaban J connectivity index is 2.35. The third-order valence-electron chi connectivity index (χ3n) is 3.51. The fraction of sp³-hybridized carbons (Fsp3) is 0.765. The lowest BCUT2D eigenvalue weighted by atomic mass is 9.99. The van der Waals surface area contributed by atoms with E-state index in [1.54, 1.807) is 13.8 Å². The first-order valence-corrected chi connectivity index (χ1v) is 8.30. The summed E-state index contributed by atoms with van der Waals surface area (Å²) in [7, 11) is 0. The van der Waals surface area contributed by atoms with Crippen molar-refractivity contribution in [3.05, 3.63) is 0 Å². The summed E-state index contributed by atoms with van der Waals surface area (Å²) in [6, 6.07) is 0. The van der Waals surface area contributed by atoms with E-state index in [2.05, 4.69) is 0 Å². The average Bonchev–Trinajstić information content (AvgIpc) is 2.80. The van der Waals surface area contributed by atoms with Crippen molar-refractivity contribution < 1.29 is 33.5 Å². The van der Waals surface area contributed by atoms with Crippen LogP contribution in [0, 0.1) is 0 Å². The number of carbonyl (C=O) groups excluding carboxylic acids is 4. The molecule has 1 rings (SSSR count). The van der Waals surface area contributed by atoms with Crippen LogP contribution in [0.25, 0.3) is 0 Å². The second-order valence-corrected chi connectivity index (χ2v) is 7.29. The summed E-state index contributed by atoms with van der Waals surface area (Å²) in [5.74, 6) is -2.18. The molecule has 0 spiro atoms. The Morgan fingerprint density at radius 2 is 1.44 bits per heavy atom. The zero-order chi connectivity index (χ0) is 19.3. The van der Waals surface area contributed by atoms with Crippen molar-refractivity contribution in [2.75, 3.05) is 13.2 Å². The Morgan fingerprint density at radius 3 is 1.96 bits per heavy atom. The lowest BCUT2D eigenvalue weighted by Gasteiger charge is -2.25. The number of rotatable bonds is 9. The minimum Gasteiger partial charge on any atom is -0.373 e. The number of carbonyl (C=O) groups is 4. The summed E-state index contributed by atoms with van der Waals surface area (Å²) in [4.78, 5) is 51.4. The molecular weight excluding hydrogens is 330 g/mol. The van der Waals surface area contributed by atoms with Gasteiger partial charge in [0.2, 0.25) is 0 Å². The van der Waals surface area contributed by atoms with Crippen molar-refractivity contribution in [1.29, 1.82) is 0 Å². The summed E-state index contributed by atoms with van der Waals surface area (Å²) in [5, 5.41) is 0.471. The van der Waals surface area contributed by atoms with Crippen molar-refractivity contribution >= 4 is 23.6 Å². The Morgan fingerprint density at radius 1 is 0.920 bits per heavy atom. The quantitative estimate of drug-likeness (QED) is 0.456. The first kappa shape index (κ1) is 21.2. The molecule has 0 saturated carbocycles. The Bertz CT molecular complexity index is 518. The summed E-state index contributed by atoms with van der Waals surface area (Å²) in [6.07, 6.45) is -0.283. The van der Waals surface area contributed by atoms with Gasteiger partial charge >= 0.3 is 5.97 Å². The number of ether oxygens (including phenoxy) is 2. The molecule has 0 aliphatic carbocycles. The van der Waals surface area contributed by atoms with Crippen molar-refractivity contribution in [2.45, 2.75) is 71.5 Å². The van der Waals surface area contributed by atoms with Gasteiger partial charge in [0.1, 0.15) is 5.60 Å². The van der Waals surface area contributed by atoms with E-state index in [1.807, 2.05) is 20.8 Å². The molecule has 0 aromatic rings. The van der Waals surface area contributed by atoms with E-state index in [1.165, 1.54) is 0 Å². The smallest absolute Gasteiger partial charge is 0.333 e. The van der Waals surface area contributed by atoms with Gasteiger partial charge in [0.05, 0.1) is 25.2 Å². The fourth-order valence-electron chi connectivity index (χ4n) is 2.05. The summed E-state index contributed by atoms with van der Waals surface area (Å²) in [5.41, 5.74) is -1.35. The maximum absolute atomic E-state index is 12.2. The van der Waals surface area contributed by atoms with Crippen LogP contribution >= 0.6 is 0 Å². The number of hydroxylamine groups is 2. The van der Waals surface area contributed by atoms with E-state index in [9.17, 15) is 19.2 Å². The molecule has 1 aliphatic rings. The van der Waals surface area contributed by atoms with Gasteiger partial charge in [-0.1, -0.05) is 0 Å². The lowest BCUT2D eigenvalue weighted by Crippen LogP contribution is -2.37. The van der Waals surface area contributed by atoms with Crippen LogP contribution in [0.1, 0.15) is 60.3 Å². The molecule has 142 valence electrons. The Labute approximate surface area is 147 Å². The summed E-state index contributed by atoms with van der Waals surface area (Å²) < 4.78 is 11.1. The van der Waals surface area contributed by atoms with Crippen LogP contribution in [0.5, 0.6) is 0 Å². The van der Waals surface area contributed by atoms with Crippen LogP contribution in [0.2, 0.25) is 0 Å². The van der Waals surface area contributed by atoms with Gasteiger partial charge in [-0.15, -0.1) is 5.06 Å². The third-order valence-corrected chi connectivity index (χ3v) is 3.51. The first-order valence-electron chi connectivity index (χ1n) is 8.30. The molecule has 8 heteroatoms. The number of ketones is 1. The summed E-state index contributed by atoms with van der Waals surface area (Å²) >= 11 is 0. The van der Waals surface area contributed by atoms with Gasteiger partial charge < -0.3 is 14.3 Å². The van der Waals surface area contributed by atoms with E-state index >= 15 is 0 Å². The Hall–Kier alpha value is -1.80. The molecule has 0 N–H and O–H groups in total. The van der Waals surface area contributed by atoms with E-state index in [4.69, 9.17) is 14.3 Å². The fourth-order valence-corrected chi connectivity index (χ4v) is 2.05. The number of Topliss-reactive ketones (excluding diaryl/α,β-unsaturated/α-hetero) is 1. The Kier molecular flexibility index (Phi) is 7.25. The van der Waals surface area contributed by atoms with Crippen LogP contribution in [0.3, 0.4) is 0 Å². The summed E-state index contributed by atoms with van der Waals surface area (Å²) in [6.45, 7) is 9.59. The maximum atomic E-state index is 12.2. The molecular formula is C17H27NO7. The minimum atomic E-state index is -1.07. The highest BCUT2D eigenvalue weighted by atomic mass is 16.7. The van der Waals surface area contributed by atoms with Crippen molar-refractivity contribution in [2.24, 2.45) is 0 Å². The second kappa shape index (κ2) is 8.53. The SMILES string of the molecule is CC(C)(C)OCCOC(C)(C)C(=O)CCC(=O)ON1C(=O)CCC1=O. The van der Waals surface area contributed by atoms with Gasteiger partial charge in [-0.25, -0.2) is 4.79 Å². The zero-order valence-electron chi connectivity index (χ0n) is 15.5. The van der Waals surface area contributed by atoms with E-state index in [0.717, 1.165) is 0 Å². The van der Waals surface area contributed by atoms with Gasteiger partial charge in [0.25, 0.3) is 11.8 Å². The molecule has 25 heavy (non-hydrogen) atoms. The van der Waals surface area contributed by atoms with Gasteiger partial charge in [0, 0.05) is 19.3 Å². The van der Waals surface area contributed by atoms with Crippen LogP contribution in [-0.4, -0.2) is 53.0 Å². The largest absolute Gasteiger partial charge is 0.373 e. The molecule has 0 bridgehead atoms. The van der Waals surface area contributed by atoms with Crippen molar-refractivity contribution in [1.82, 2.24) is 5.06 Å². The molecule has 2 amide bonds. The molecule has 0 aromatic heterocycles. The van der Waals surface area contributed by atoms with Crippen LogP contribution in [0.4, 0.5) is 0 Å². The van der Waals surface area contributed by atoms with Crippen LogP contribution in [0.15, 0.2) is 0 Å². The molecule has 8 nitrogen and oxygen atoms in total. The predicted molar refractivity (Wildman–Crippen MR) is 87.2 cm³/mol. The molecule has 0 aromatic carbocycles. The molecule has 0 atom stereocenters. The van der Waals surface area contributed by atoms with E-state index in [0.29, 0.717) is 11.7 Å². The van der Waals surface area contributed by atoms with Gasteiger partial charge in [-0.3, -0.25) is 14.4 Å². The zero-order valence-corrected chi connectivity index (χ0v) is 15.5. The number of imide groups is 1. The van der Waals surface area contributed by atoms with Crippen molar-refractivity contribution in [3.8, 4) is 0 Å². The van der Waals surface area contributed by atoms with Crippen LogP contribution in [-0.2, 0) is 33.5 Å². The van der Waals surface area contributed by atoms with E-state index in [-0.39, 0.29) is 43.7 Å². The molecule has 0 unspecified atom stereocenters. The molecule has 1 saturated heterocycles. The maximum Gasteiger partial charge on any atom is 0.333 e. The average molecular weight is 357 g/mol. The second-order valence-electron chi connectivity index (χ2n) is 7.29. The third kappa shape index (κ3) is 7.31. The highest BCUT2D eigenvalue weighted by Crippen LogP contribution is 2.17. The highest BCUT2D eigenvalue weighted by molar-refractivity contribution is 6.01. The predicted octanol–water partition coefficient (Wildman–Crippen LogP) is 1.55. The number of hydrogen-bond donors (Lipinski definition) is 0. The number of nitrogens with zero attached hydrogens (tertiary/aromatic N) is 1. The van der Waals surface area contributed by atoms with Crippen molar-refractivity contribution in [3.63, 3.8) is 0 Å². The molecule has 1 heterocycles. The normalized spacial score (nSPS) is 15.6.